The zero-order valence-corrected chi connectivity index (χ0v) is 19.0. The summed E-state index contributed by atoms with van der Waals surface area (Å²) in [7, 11) is 1.63. The first-order valence-electron chi connectivity index (χ1n) is 10.6. The zero-order chi connectivity index (χ0) is 23.7. The van der Waals surface area contributed by atoms with Crippen LogP contribution < -0.4 is 15.0 Å². The number of hydrogen-bond acceptors (Lipinski definition) is 5. The predicted molar refractivity (Wildman–Crippen MR) is 132 cm³/mol. The van der Waals surface area contributed by atoms with E-state index >= 15 is 0 Å². The normalized spacial score (nSPS) is 17.4. The molecule has 4 aromatic rings. The highest BCUT2D eigenvalue weighted by Gasteiger charge is 2.43. The van der Waals surface area contributed by atoms with E-state index in [2.05, 4.69) is 10.3 Å². The lowest BCUT2D eigenvalue weighted by Gasteiger charge is -2.27. The van der Waals surface area contributed by atoms with Crippen molar-refractivity contribution in [3.8, 4) is 17.1 Å². The van der Waals surface area contributed by atoms with Crippen LogP contribution in [-0.4, -0.2) is 28.3 Å². The van der Waals surface area contributed by atoms with Crippen LogP contribution >= 0.6 is 12.2 Å². The smallest absolute Gasteiger partial charge is 0.335 e. The zero-order valence-electron chi connectivity index (χ0n) is 18.2. The minimum absolute atomic E-state index is 0.221. The van der Waals surface area contributed by atoms with Crippen molar-refractivity contribution in [3.63, 3.8) is 0 Å². The van der Waals surface area contributed by atoms with Crippen LogP contribution in [-0.2, 0) is 0 Å². The Hall–Kier alpha value is -4.17. The number of aromatic nitrogens is 1. The van der Waals surface area contributed by atoms with Crippen LogP contribution in [0.4, 0.5) is 5.69 Å². The number of thiocarbonyl (C=S) groups is 1. The summed E-state index contributed by atoms with van der Waals surface area (Å²) < 4.78 is 11.9. The summed E-state index contributed by atoms with van der Waals surface area (Å²) in [6.45, 7) is 0. The number of para-hydroxylation sites is 2. The summed E-state index contributed by atoms with van der Waals surface area (Å²) in [5.74, 6) is 1.04. The Morgan fingerprint density at radius 2 is 1.82 bits per heavy atom. The van der Waals surface area contributed by atoms with Crippen molar-refractivity contribution in [1.29, 1.82) is 0 Å². The molecular formula is C26H21N3O4S. The average molecular weight is 472 g/mol. The van der Waals surface area contributed by atoms with Crippen molar-refractivity contribution in [1.82, 2.24) is 10.3 Å². The van der Waals surface area contributed by atoms with Crippen LogP contribution in [0.1, 0.15) is 33.9 Å². The van der Waals surface area contributed by atoms with Crippen LogP contribution in [0.15, 0.2) is 89.5 Å². The maximum absolute atomic E-state index is 11.2. The van der Waals surface area contributed by atoms with Crippen LogP contribution in [0.3, 0.4) is 0 Å². The third-order valence-electron chi connectivity index (χ3n) is 5.78. The summed E-state index contributed by atoms with van der Waals surface area (Å²) in [5.41, 5.74) is 2.65. The molecule has 2 N–H and O–H groups in total. The monoisotopic (exact) mass is 471 g/mol. The van der Waals surface area contributed by atoms with Gasteiger partial charge in [-0.25, -0.2) is 4.79 Å². The van der Waals surface area contributed by atoms with Crippen molar-refractivity contribution < 1.29 is 19.1 Å². The van der Waals surface area contributed by atoms with Crippen LogP contribution in [0, 0.1) is 0 Å². The Kier molecular flexibility index (Phi) is 5.73. The molecule has 0 spiro atoms. The molecular weight excluding hydrogens is 450 g/mol. The summed E-state index contributed by atoms with van der Waals surface area (Å²) >= 11 is 5.76. The number of furan rings is 1. The molecule has 0 amide bonds. The van der Waals surface area contributed by atoms with Gasteiger partial charge in [-0.2, -0.15) is 0 Å². The standard InChI is InChI=1S/C26H21N3O4S/c1-32-21-8-3-2-7-19(21)29-24(23(28-26(29)34)18-6-4-5-15-27-18)22-14-13-20(33-22)16-9-11-17(12-10-16)25(30)31/h2-15,23-24H,1H3,(H,28,34)(H,30,31)/t23-,24+/m1/s1. The van der Waals surface area contributed by atoms with Crippen molar-refractivity contribution in [2.75, 3.05) is 12.0 Å². The highest BCUT2D eigenvalue weighted by atomic mass is 32.1. The minimum atomic E-state index is -0.970. The first-order chi connectivity index (χ1) is 16.6. The third-order valence-corrected chi connectivity index (χ3v) is 6.09. The van der Waals surface area contributed by atoms with Gasteiger partial charge in [-0.15, -0.1) is 0 Å². The van der Waals surface area contributed by atoms with Gasteiger partial charge in [0.15, 0.2) is 5.11 Å². The highest BCUT2D eigenvalue weighted by Crippen LogP contribution is 2.45. The van der Waals surface area contributed by atoms with Gasteiger partial charge in [-0.1, -0.05) is 30.3 Å². The molecule has 170 valence electrons. The van der Waals surface area contributed by atoms with Gasteiger partial charge in [0, 0.05) is 11.8 Å². The summed E-state index contributed by atoms with van der Waals surface area (Å²) in [6.07, 6.45) is 1.75. The number of aromatic carboxylic acids is 1. The average Bonchev–Trinajstić information content (AvgIpc) is 3.49. The lowest BCUT2D eigenvalue weighted by atomic mass is 10.0. The molecule has 1 aliphatic heterocycles. The molecule has 0 bridgehead atoms. The van der Waals surface area contributed by atoms with Crippen LogP contribution in [0.25, 0.3) is 11.3 Å². The SMILES string of the molecule is COc1ccccc1N1C(=S)N[C@H](c2ccccn2)[C@@H]1c1ccc(-c2ccc(C(=O)O)cc2)o1. The van der Waals surface area contributed by atoms with E-state index in [4.69, 9.17) is 21.4 Å². The second-order valence-electron chi connectivity index (χ2n) is 7.75. The summed E-state index contributed by atoms with van der Waals surface area (Å²) in [4.78, 5) is 17.7. The van der Waals surface area contributed by atoms with Gasteiger partial charge in [0.1, 0.15) is 23.3 Å². The van der Waals surface area contributed by atoms with Gasteiger partial charge < -0.3 is 24.5 Å². The first kappa shape index (κ1) is 21.7. The summed E-state index contributed by atoms with van der Waals surface area (Å²) in [5, 5.41) is 13.1. The largest absolute Gasteiger partial charge is 0.495 e. The number of nitrogens with zero attached hydrogens (tertiary/aromatic N) is 2. The lowest BCUT2D eigenvalue weighted by Crippen LogP contribution is -2.29. The Bertz CT molecular complexity index is 1340. The molecule has 2 aromatic heterocycles. The lowest BCUT2D eigenvalue weighted by molar-refractivity contribution is 0.0697. The number of carboxylic acid groups (broad SMARTS) is 1. The Labute approximate surface area is 201 Å². The van der Waals surface area contributed by atoms with Crippen molar-refractivity contribution in [2.24, 2.45) is 0 Å². The Morgan fingerprint density at radius 1 is 1.06 bits per heavy atom. The van der Waals surface area contributed by atoms with E-state index in [1.54, 1.807) is 37.6 Å². The van der Waals surface area contributed by atoms with E-state index in [1.807, 2.05) is 59.5 Å². The Balaban J connectivity index is 1.59. The van der Waals surface area contributed by atoms with Crippen LogP contribution in [0.2, 0.25) is 0 Å². The molecule has 2 atom stereocenters. The van der Waals surface area contributed by atoms with Gasteiger partial charge in [-0.05, 0) is 60.7 Å². The van der Waals surface area contributed by atoms with Crippen molar-refractivity contribution in [2.45, 2.75) is 12.1 Å². The molecule has 1 saturated heterocycles. The van der Waals surface area contributed by atoms with E-state index in [9.17, 15) is 9.90 Å². The van der Waals surface area contributed by atoms with Crippen LogP contribution in [0.5, 0.6) is 5.75 Å². The molecule has 0 aliphatic carbocycles. The molecule has 2 aromatic carbocycles. The van der Waals surface area contributed by atoms with Gasteiger partial charge >= 0.3 is 5.97 Å². The molecule has 8 heteroatoms. The van der Waals surface area contributed by atoms with E-state index < -0.39 is 5.97 Å². The van der Waals surface area contributed by atoms with Gasteiger partial charge in [0.05, 0.1) is 30.1 Å². The number of ether oxygens (including phenoxy) is 1. The van der Waals surface area contributed by atoms with Crippen molar-refractivity contribution >= 4 is 29.0 Å². The quantitative estimate of drug-likeness (QED) is 0.370. The molecule has 1 fully saturated rings. The topological polar surface area (TPSA) is 87.8 Å². The molecule has 34 heavy (non-hydrogen) atoms. The number of hydrogen-bond donors (Lipinski definition) is 2. The third kappa shape index (κ3) is 3.88. The minimum Gasteiger partial charge on any atom is -0.495 e. The molecule has 0 radical (unpaired) electrons. The second-order valence-corrected chi connectivity index (χ2v) is 8.14. The predicted octanol–water partition coefficient (Wildman–Crippen LogP) is 5.23. The molecule has 0 saturated carbocycles. The fourth-order valence-electron chi connectivity index (χ4n) is 4.18. The van der Waals surface area contributed by atoms with E-state index in [-0.39, 0.29) is 17.6 Å². The number of anilines is 1. The molecule has 7 nitrogen and oxygen atoms in total. The second kappa shape index (κ2) is 8.99. The van der Waals surface area contributed by atoms with Gasteiger partial charge in [0.2, 0.25) is 0 Å². The number of pyridine rings is 1. The van der Waals surface area contributed by atoms with Gasteiger partial charge in [0.25, 0.3) is 0 Å². The number of benzene rings is 2. The Morgan fingerprint density at radius 3 is 2.53 bits per heavy atom. The van der Waals surface area contributed by atoms with E-state index in [1.165, 1.54) is 0 Å². The van der Waals surface area contributed by atoms with Gasteiger partial charge in [-0.3, -0.25) is 4.98 Å². The molecule has 1 aliphatic rings. The number of nitrogens with one attached hydrogen (secondary N) is 1. The fourth-order valence-corrected chi connectivity index (χ4v) is 4.51. The number of rotatable bonds is 6. The summed E-state index contributed by atoms with van der Waals surface area (Å²) in [6, 6.07) is 23.2. The van der Waals surface area contributed by atoms with Crippen molar-refractivity contribution in [3.05, 3.63) is 102 Å². The first-order valence-corrected chi connectivity index (χ1v) is 11.0. The number of carboxylic acids is 1. The maximum Gasteiger partial charge on any atom is 0.335 e. The molecule has 3 heterocycles. The molecule has 0 unspecified atom stereocenters. The van der Waals surface area contributed by atoms with E-state index in [0.29, 0.717) is 22.4 Å². The van der Waals surface area contributed by atoms with E-state index in [0.717, 1.165) is 16.9 Å². The molecule has 5 rings (SSSR count). The highest BCUT2D eigenvalue weighted by molar-refractivity contribution is 7.80. The number of methoxy groups -OCH3 is 1. The fraction of sp³-hybridized carbons (Fsp3) is 0.115. The number of carbonyl (C=O) groups is 1. The maximum atomic E-state index is 11.2.